The quantitative estimate of drug-likeness (QED) is 0.421. The van der Waals surface area contributed by atoms with Crippen molar-refractivity contribution >= 4 is 29.0 Å². The van der Waals surface area contributed by atoms with E-state index in [4.69, 9.17) is 4.74 Å². The topological polar surface area (TPSA) is 118 Å². The smallest absolute Gasteiger partial charge is 0.410 e. The van der Waals surface area contributed by atoms with Gasteiger partial charge in [0.05, 0.1) is 17.2 Å². The van der Waals surface area contributed by atoms with Crippen LogP contribution in [-0.4, -0.2) is 85.5 Å². The lowest BCUT2D eigenvalue weighted by Crippen LogP contribution is -2.50. The molecule has 0 spiro atoms. The van der Waals surface area contributed by atoms with Gasteiger partial charge < -0.3 is 15.0 Å². The van der Waals surface area contributed by atoms with E-state index in [1.165, 1.54) is 0 Å². The van der Waals surface area contributed by atoms with Crippen LogP contribution in [0.2, 0.25) is 0 Å². The predicted molar refractivity (Wildman–Crippen MR) is 159 cm³/mol. The normalized spacial score (nSPS) is 17.5. The van der Waals surface area contributed by atoms with E-state index in [2.05, 4.69) is 37.5 Å². The van der Waals surface area contributed by atoms with Crippen molar-refractivity contribution in [2.24, 2.45) is 0 Å². The molecule has 3 aromatic heterocycles. The van der Waals surface area contributed by atoms with Crippen LogP contribution in [-0.2, 0) is 11.3 Å². The Balaban J connectivity index is 1.12. The first-order valence-electron chi connectivity index (χ1n) is 14.6. The highest BCUT2D eigenvalue weighted by atomic mass is 16.6. The fourth-order valence-corrected chi connectivity index (χ4v) is 5.51. The van der Waals surface area contributed by atoms with Crippen LogP contribution >= 0.6 is 0 Å². The number of nitrogens with one attached hydrogen (secondary N) is 2. The number of hydrogen-bond acceptors (Lipinski definition) is 7. The van der Waals surface area contributed by atoms with Crippen molar-refractivity contribution in [2.45, 2.75) is 77.5 Å². The van der Waals surface area contributed by atoms with Crippen molar-refractivity contribution in [2.75, 3.05) is 38.0 Å². The number of rotatable bonds is 7. The van der Waals surface area contributed by atoms with Crippen LogP contribution in [0.1, 0.15) is 59.8 Å². The number of aryl methyl sites for hydroxylation is 1. The molecule has 0 atom stereocenters. The molecule has 1 saturated heterocycles. The Kier molecular flexibility index (Phi) is 8.44. The zero-order chi connectivity index (χ0) is 29.0. The summed E-state index contributed by atoms with van der Waals surface area (Å²) in [6.07, 6.45) is 10.7. The second-order valence-electron chi connectivity index (χ2n) is 12.5. The molecule has 1 aliphatic carbocycles. The van der Waals surface area contributed by atoms with Crippen molar-refractivity contribution < 1.29 is 14.3 Å². The molecule has 3 aromatic rings. The van der Waals surface area contributed by atoms with E-state index in [0.717, 1.165) is 74.9 Å². The maximum Gasteiger partial charge on any atom is 0.410 e. The van der Waals surface area contributed by atoms with E-state index in [1.54, 1.807) is 11.0 Å². The lowest BCUT2D eigenvalue weighted by atomic mass is 10.0. The van der Waals surface area contributed by atoms with E-state index in [1.807, 2.05) is 56.2 Å². The third kappa shape index (κ3) is 7.72. The third-order valence-corrected chi connectivity index (χ3v) is 7.75. The Labute approximate surface area is 241 Å². The lowest BCUT2D eigenvalue weighted by Gasteiger charge is -2.35. The number of anilines is 1. The predicted octanol–water partition coefficient (Wildman–Crippen LogP) is 4.89. The van der Waals surface area contributed by atoms with Gasteiger partial charge in [0, 0.05) is 68.3 Å². The zero-order valence-corrected chi connectivity index (χ0v) is 24.7. The van der Waals surface area contributed by atoms with E-state index >= 15 is 0 Å². The SMILES string of the molecule is CC1(NC(=O)Nc2ccc3ncc(-c4cnn(CCCN5CCN(C(=O)OC(C)(C)C)CC5)c4)cc3n2)CCCC1. The van der Waals surface area contributed by atoms with E-state index < -0.39 is 5.60 Å². The minimum absolute atomic E-state index is 0.146. The minimum atomic E-state index is -0.471. The second kappa shape index (κ2) is 12.0. The van der Waals surface area contributed by atoms with Gasteiger partial charge in [0.2, 0.25) is 0 Å². The first kappa shape index (κ1) is 28.8. The number of fused-ring (bicyclic) bond motifs is 1. The fraction of sp³-hybridized carbons (Fsp3) is 0.567. The van der Waals surface area contributed by atoms with Crippen LogP contribution in [0.5, 0.6) is 0 Å². The molecule has 1 aliphatic heterocycles. The number of pyridine rings is 2. The summed E-state index contributed by atoms with van der Waals surface area (Å²) >= 11 is 0. The summed E-state index contributed by atoms with van der Waals surface area (Å²) in [6.45, 7) is 12.6. The number of piperazine rings is 1. The molecular formula is C30H42N8O3. The maximum atomic E-state index is 12.6. The summed E-state index contributed by atoms with van der Waals surface area (Å²) in [5, 5.41) is 10.5. The zero-order valence-electron chi connectivity index (χ0n) is 24.7. The van der Waals surface area contributed by atoms with Crippen molar-refractivity contribution in [3.8, 4) is 11.1 Å². The Morgan fingerprint density at radius 2 is 1.76 bits per heavy atom. The summed E-state index contributed by atoms with van der Waals surface area (Å²) in [5.74, 6) is 0.498. The molecule has 41 heavy (non-hydrogen) atoms. The van der Waals surface area contributed by atoms with E-state index in [0.29, 0.717) is 24.4 Å². The summed E-state index contributed by atoms with van der Waals surface area (Å²) < 4.78 is 7.44. The number of amides is 3. The summed E-state index contributed by atoms with van der Waals surface area (Å²) in [5.41, 5.74) is 2.76. The summed E-state index contributed by atoms with van der Waals surface area (Å²) in [7, 11) is 0. The number of aromatic nitrogens is 4. The minimum Gasteiger partial charge on any atom is -0.444 e. The molecule has 0 radical (unpaired) electrons. The number of carbonyl (C=O) groups excluding carboxylic acids is 2. The van der Waals surface area contributed by atoms with Crippen LogP contribution in [0.25, 0.3) is 22.2 Å². The molecule has 5 rings (SSSR count). The van der Waals surface area contributed by atoms with Crippen LogP contribution in [0.3, 0.4) is 0 Å². The Hall–Kier alpha value is -3.73. The van der Waals surface area contributed by atoms with Gasteiger partial charge in [-0.3, -0.25) is 19.9 Å². The monoisotopic (exact) mass is 562 g/mol. The maximum absolute atomic E-state index is 12.6. The highest BCUT2D eigenvalue weighted by molar-refractivity contribution is 5.90. The van der Waals surface area contributed by atoms with Gasteiger partial charge in [-0.2, -0.15) is 5.10 Å². The van der Waals surface area contributed by atoms with Crippen molar-refractivity contribution in [1.82, 2.24) is 34.9 Å². The molecule has 2 aliphatic rings. The average Bonchev–Trinajstić information content (AvgIpc) is 3.57. The average molecular weight is 563 g/mol. The second-order valence-corrected chi connectivity index (χ2v) is 12.5. The highest BCUT2D eigenvalue weighted by Crippen LogP contribution is 2.29. The van der Waals surface area contributed by atoms with Gasteiger partial charge in [-0.1, -0.05) is 12.8 Å². The molecule has 2 fully saturated rings. The molecule has 0 bridgehead atoms. The molecule has 1 saturated carbocycles. The fourth-order valence-electron chi connectivity index (χ4n) is 5.51. The number of carbonyl (C=O) groups is 2. The van der Waals surface area contributed by atoms with Crippen molar-refractivity contribution in [3.63, 3.8) is 0 Å². The molecule has 2 N–H and O–H groups in total. The standard InChI is InChI=1S/C30H42N8O3/c1-29(2,3)41-28(40)37-16-14-36(15-17-37)12-7-13-38-21-23(20-32-38)22-18-25-24(31-19-22)8-9-26(33-25)34-27(39)35-30(4)10-5-6-11-30/h8-9,18-21H,5-7,10-17H2,1-4H3,(H2,33,34,35,39). The molecule has 11 heteroatoms. The Morgan fingerprint density at radius 3 is 2.49 bits per heavy atom. The van der Waals surface area contributed by atoms with E-state index in [9.17, 15) is 9.59 Å². The first-order chi connectivity index (χ1) is 19.6. The molecule has 4 heterocycles. The van der Waals surface area contributed by atoms with Gasteiger partial charge in [-0.05, 0) is 65.2 Å². The van der Waals surface area contributed by atoms with Crippen molar-refractivity contribution in [3.05, 3.63) is 36.8 Å². The molecule has 11 nitrogen and oxygen atoms in total. The van der Waals surface area contributed by atoms with Crippen molar-refractivity contribution in [1.29, 1.82) is 0 Å². The largest absolute Gasteiger partial charge is 0.444 e. The number of nitrogens with zero attached hydrogens (tertiary/aromatic N) is 6. The van der Waals surface area contributed by atoms with Gasteiger partial charge >= 0.3 is 12.1 Å². The van der Waals surface area contributed by atoms with Crippen LogP contribution < -0.4 is 10.6 Å². The molecule has 3 amide bonds. The molecule has 220 valence electrons. The van der Waals surface area contributed by atoms with Crippen LogP contribution in [0.15, 0.2) is 36.8 Å². The lowest BCUT2D eigenvalue weighted by molar-refractivity contribution is 0.0143. The number of hydrogen-bond donors (Lipinski definition) is 2. The van der Waals surface area contributed by atoms with Crippen LogP contribution in [0, 0.1) is 0 Å². The molecule has 0 unspecified atom stereocenters. The van der Waals surface area contributed by atoms with Gasteiger partial charge in [0.15, 0.2) is 0 Å². The number of urea groups is 1. The first-order valence-corrected chi connectivity index (χ1v) is 14.6. The van der Waals surface area contributed by atoms with Gasteiger partial charge in [0.25, 0.3) is 0 Å². The molecular weight excluding hydrogens is 520 g/mol. The van der Waals surface area contributed by atoms with Gasteiger partial charge in [-0.15, -0.1) is 0 Å². The Morgan fingerprint density at radius 1 is 1.00 bits per heavy atom. The van der Waals surface area contributed by atoms with E-state index in [-0.39, 0.29) is 17.7 Å². The van der Waals surface area contributed by atoms with Gasteiger partial charge in [-0.25, -0.2) is 14.6 Å². The van der Waals surface area contributed by atoms with Gasteiger partial charge in [0.1, 0.15) is 11.4 Å². The summed E-state index contributed by atoms with van der Waals surface area (Å²) in [4.78, 5) is 38.2. The van der Waals surface area contributed by atoms with Crippen LogP contribution in [0.4, 0.5) is 15.4 Å². The third-order valence-electron chi connectivity index (χ3n) is 7.75. The number of ether oxygens (including phenoxy) is 1. The summed E-state index contributed by atoms with van der Waals surface area (Å²) in [6, 6.07) is 5.41. The Bertz CT molecular complexity index is 1370. The highest BCUT2D eigenvalue weighted by Gasteiger charge is 2.30. The molecule has 0 aromatic carbocycles.